The molecule has 1 fully saturated rings. The number of rotatable bonds is 6. The lowest BCUT2D eigenvalue weighted by Crippen LogP contribution is -2.69. The third kappa shape index (κ3) is 9.20. The number of alkyl carbamates (subject to hydrolysis) is 1. The Hall–Kier alpha value is -2.89. The molecule has 0 aliphatic carbocycles. The van der Waals surface area contributed by atoms with E-state index in [4.69, 9.17) is 23.7 Å². The summed E-state index contributed by atoms with van der Waals surface area (Å²) in [5.74, 6) is -2.61. The molecule has 0 saturated carbocycles. The first-order valence-electron chi connectivity index (χ1n) is 9.59. The molecule has 2 N–H and O–H groups in total. The highest BCUT2D eigenvalue weighted by Gasteiger charge is 2.51. The molecule has 0 aromatic rings. The van der Waals surface area contributed by atoms with Gasteiger partial charge in [0.05, 0.1) is 0 Å². The summed E-state index contributed by atoms with van der Waals surface area (Å²) in [5.41, 5.74) is -0.824. The summed E-state index contributed by atoms with van der Waals surface area (Å²) in [5, 5.41) is 4.99. The minimum absolute atomic E-state index is 0.371. The number of hydrogen-bond donors (Lipinski definition) is 2. The molecule has 1 saturated heterocycles. The molecular weight excluding hydrogens is 416 g/mol. The summed E-state index contributed by atoms with van der Waals surface area (Å²) in [4.78, 5) is 58.8. The zero-order valence-electron chi connectivity index (χ0n) is 18.7. The van der Waals surface area contributed by atoms with Crippen LogP contribution >= 0.6 is 0 Å². The van der Waals surface area contributed by atoms with Gasteiger partial charge in [-0.2, -0.15) is 0 Å². The van der Waals surface area contributed by atoms with E-state index in [0.29, 0.717) is 0 Å². The van der Waals surface area contributed by atoms with Crippen LogP contribution in [0.4, 0.5) is 4.79 Å². The highest BCUT2D eigenvalue weighted by molar-refractivity contribution is 5.74. The largest absolute Gasteiger partial charge is 0.463 e. The summed E-state index contributed by atoms with van der Waals surface area (Å²) in [6, 6.07) is -1.15. The molecule has 5 atom stereocenters. The van der Waals surface area contributed by atoms with Crippen LogP contribution in [0, 0.1) is 0 Å². The molecule has 2 amide bonds. The van der Waals surface area contributed by atoms with Crippen LogP contribution in [0.5, 0.6) is 0 Å². The molecule has 31 heavy (non-hydrogen) atoms. The Kier molecular flexibility index (Phi) is 9.22. The topological polar surface area (TPSA) is 156 Å². The van der Waals surface area contributed by atoms with Gasteiger partial charge in [0, 0.05) is 27.7 Å². The summed E-state index contributed by atoms with van der Waals surface area (Å²) in [6.45, 7) is 9.23. The molecule has 1 rings (SSSR count). The Morgan fingerprint density at radius 2 is 1.39 bits per heavy atom. The van der Waals surface area contributed by atoms with Crippen molar-refractivity contribution in [3.63, 3.8) is 0 Å². The summed E-state index contributed by atoms with van der Waals surface area (Å²) in [7, 11) is 0. The van der Waals surface area contributed by atoms with Crippen molar-refractivity contribution < 1.29 is 47.7 Å². The Labute approximate surface area is 180 Å². The first-order chi connectivity index (χ1) is 14.2. The number of carbonyl (C=O) groups excluding carboxylic acids is 5. The normalized spacial score (nSPS) is 25.6. The van der Waals surface area contributed by atoms with Crippen molar-refractivity contribution in [1.29, 1.82) is 0 Å². The van der Waals surface area contributed by atoms with E-state index < -0.39 is 66.1 Å². The number of nitrogens with one attached hydrogen (secondary N) is 2. The highest BCUT2D eigenvalue weighted by atomic mass is 16.6. The number of carbonyl (C=O) groups is 5. The molecule has 0 unspecified atom stereocenters. The molecule has 1 aliphatic rings. The second-order valence-electron chi connectivity index (χ2n) is 7.92. The second-order valence-corrected chi connectivity index (χ2v) is 7.92. The van der Waals surface area contributed by atoms with E-state index in [1.54, 1.807) is 20.8 Å². The molecule has 1 aliphatic heterocycles. The maximum Gasteiger partial charge on any atom is 0.409 e. The third-order valence-electron chi connectivity index (χ3n) is 3.78. The van der Waals surface area contributed by atoms with Crippen molar-refractivity contribution in [3.05, 3.63) is 0 Å². The summed E-state index contributed by atoms with van der Waals surface area (Å²) >= 11 is 0. The van der Waals surface area contributed by atoms with Crippen LogP contribution in [-0.4, -0.2) is 72.7 Å². The first kappa shape index (κ1) is 26.1. The van der Waals surface area contributed by atoms with Crippen LogP contribution in [0.3, 0.4) is 0 Å². The zero-order valence-corrected chi connectivity index (χ0v) is 18.7. The van der Waals surface area contributed by atoms with Gasteiger partial charge >= 0.3 is 24.0 Å². The predicted octanol–water partition coefficient (Wildman–Crippen LogP) is 0.167. The van der Waals surface area contributed by atoms with Crippen LogP contribution in [0.25, 0.3) is 0 Å². The van der Waals surface area contributed by atoms with E-state index in [0.717, 1.165) is 13.8 Å². The lowest BCUT2D eigenvalue weighted by molar-refractivity contribution is -0.227. The van der Waals surface area contributed by atoms with E-state index in [2.05, 4.69) is 10.6 Å². The number of hydrogen-bond acceptors (Lipinski definition) is 10. The molecular formula is C19H30N2O10. The fraction of sp³-hybridized carbons (Fsp3) is 0.737. The lowest BCUT2D eigenvalue weighted by atomic mass is 9.95. The number of esters is 3. The number of ether oxygens (including phenoxy) is 5. The Balaban J connectivity index is 3.32. The molecule has 176 valence electrons. The van der Waals surface area contributed by atoms with Crippen LogP contribution in [0.2, 0.25) is 0 Å². The third-order valence-corrected chi connectivity index (χ3v) is 3.78. The SMILES string of the molecule is CC(=O)N[C@@H]1[C@@H](OC(C)=O)[C@H](OC(C)=O)[C@@H](COC(C)=O)O[C@H]1NC(=O)OC(C)(C)C. The van der Waals surface area contributed by atoms with Gasteiger partial charge in [-0.15, -0.1) is 0 Å². The Bertz CT molecular complexity index is 702. The molecule has 12 heteroatoms. The van der Waals surface area contributed by atoms with Crippen molar-refractivity contribution in [2.45, 2.75) is 84.6 Å². The van der Waals surface area contributed by atoms with Gasteiger partial charge in [-0.05, 0) is 20.8 Å². The predicted molar refractivity (Wildman–Crippen MR) is 103 cm³/mol. The fourth-order valence-corrected chi connectivity index (χ4v) is 2.88. The van der Waals surface area contributed by atoms with Gasteiger partial charge in [-0.3, -0.25) is 24.5 Å². The molecule has 12 nitrogen and oxygen atoms in total. The van der Waals surface area contributed by atoms with Crippen molar-refractivity contribution in [2.24, 2.45) is 0 Å². The van der Waals surface area contributed by atoms with E-state index in [9.17, 15) is 24.0 Å². The molecule has 0 radical (unpaired) electrons. The monoisotopic (exact) mass is 446 g/mol. The van der Waals surface area contributed by atoms with Crippen molar-refractivity contribution in [1.82, 2.24) is 10.6 Å². The molecule has 0 bridgehead atoms. The van der Waals surface area contributed by atoms with Gasteiger partial charge < -0.3 is 29.0 Å². The second kappa shape index (κ2) is 10.9. The first-order valence-corrected chi connectivity index (χ1v) is 9.59. The van der Waals surface area contributed by atoms with E-state index in [-0.39, 0.29) is 6.61 Å². The quantitative estimate of drug-likeness (QED) is 0.426. The van der Waals surface area contributed by atoms with Crippen LogP contribution in [-0.2, 0) is 42.9 Å². The minimum atomic E-state index is -1.27. The van der Waals surface area contributed by atoms with E-state index in [1.807, 2.05) is 0 Å². The molecule has 0 aromatic heterocycles. The van der Waals surface area contributed by atoms with Gasteiger partial charge in [-0.1, -0.05) is 0 Å². The fourth-order valence-electron chi connectivity index (χ4n) is 2.88. The maximum absolute atomic E-state index is 12.3. The van der Waals surface area contributed by atoms with E-state index in [1.165, 1.54) is 13.8 Å². The zero-order chi connectivity index (χ0) is 23.9. The van der Waals surface area contributed by atoms with Gasteiger partial charge in [0.15, 0.2) is 18.4 Å². The average molecular weight is 446 g/mol. The van der Waals surface area contributed by atoms with E-state index >= 15 is 0 Å². The van der Waals surface area contributed by atoms with Crippen molar-refractivity contribution in [3.8, 4) is 0 Å². The molecule has 1 heterocycles. The van der Waals surface area contributed by atoms with Crippen molar-refractivity contribution >= 4 is 29.9 Å². The van der Waals surface area contributed by atoms with Gasteiger partial charge in [0.25, 0.3) is 0 Å². The van der Waals surface area contributed by atoms with Crippen LogP contribution in [0.15, 0.2) is 0 Å². The molecule has 0 spiro atoms. The summed E-state index contributed by atoms with van der Waals surface area (Å²) < 4.78 is 26.6. The Morgan fingerprint density at radius 3 is 1.84 bits per heavy atom. The Morgan fingerprint density at radius 1 is 0.839 bits per heavy atom. The lowest BCUT2D eigenvalue weighted by Gasteiger charge is -2.45. The van der Waals surface area contributed by atoms with Gasteiger partial charge in [0.2, 0.25) is 5.91 Å². The minimum Gasteiger partial charge on any atom is -0.463 e. The van der Waals surface area contributed by atoms with Crippen molar-refractivity contribution in [2.75, 3.05) is 6.61 Å². The average Bonchev–Trinajstić information content (AvgIpc) is 2.55. The number of amides is 2. The standard InChI is InChI=1S/C19H30N2O10/c1-9(22)20-14-16(29-12(4)25)15(28-11(3)24)13(8-27-10(2)23)30-17(14)21-18(26)31-19(5,6)7/h13-17H,8H2,1-7H3,(H,20,22)(H,21,26)/t13-,14-,15-,16-,17-/m1/s1. The highest BCUT2D eigenvalue weighted by Crippen LogP contribution is 2.26. The molecule has 0 aromatic carbocycles. The summed E-state index contributed by atoms with van der Waals surface area (Å²) in [6.07, 6.45) is -5.77. The smallest absolute Gasteiger partial charge is 0.409 e. The van der Waals surface area contributed by atoms with Gasteiger partial charge in [-0.25, -0.2) is 4.79 Å². The van der Waals surface area contributed by atoms with Crippen LogP contribution in [0.1, 0.15) is 48.5 Å². The van der Waals surface area contributed by atoms with Gasteiger partial charge in [0.1, 0.15) is 24.4 Å². The maximum atomic E-state index is 12.3. The van der Waals surface area contributed by atoms with Crippen LogP contribution < -0.4 is 10.6 Å².